The molecule has 4 nitrogen and oxygen atoms in total. The first-order chi connectivity index (χ1) is 12.2. The standard InChI is InChI=1S/C19H22N2O2S2/c1-2-3-10-24-19-20-15-9-8-12(11-16(15)25-19)21-17(22)13-6-4-5-7-14(13)18(21)23/h8-9,11,13-14H,2-7,10H2,1H3/t13-,14-/m1/s1. The van der Waals surface area contributed by atoms with E-state index in [0.29, 0.717) is 5.69 Å². The molecule has 2 aliphatic rings. The van der Waals surface area contributed by atoms with Crippen molar-refractivity contribution in [3.8, 4) is 0 Å². The first-order valence-corrected chi connectivity index (χ1v) is 10.9. The summed E-state index contributed by atoms with van der Waals surface area (Å²) in [5.41, 5.74) is 1.66. The molecular formula is C19H22N2O2S2. The van der Waals surface area contributed by atoms with Gasteiger partial charge >= 0.3 is 0 Å². The van der Waals surface area contributed by atoms with E-state index in [1.807, 2.05) is 18.2 Å². The smallest absolute Gasteiger partial charge is 0.237 e. The Morgan fingerprint density at radius 1 is 1.20 bits per heavy atom. The Morgan fingerprint density at radius 3 is 2.60 bits per heavy atom. The molecule has 4 rings (SSSR count). The lowest BCUT2D eigenvalue weighted by atomic mass is 9.81. The number of nitrogens with zero attached hydrogens (tertiary/aromatic N) is 2. The van der Waals surface area contributed by atoms with E-state index < -0.39 is 0 Å². The number of carbonyl (C=O) groups excluding carboxylic acids is 2. The van der Waals surface area contributed by atoms with Crippen LogP contribution in [-0.2, 0) is 9.59 Å². The normalized spacial score (nSPS) is 23.5. The SMILES string of the molecule is CCCCSc1nc2ccc(N3C(=O)[C@@H]4CCCC[C@H]4C3=O)cc2s1. The van der Waals surface area contributed by atoms with Crippen LogP contribution >= 0.6 is 23.1 Å². The number of anilines is 1. The number of rotatable bonds is 5. The van der Waals surface area contributed by atoms with Crippen LogP contribution < -0.4 is 4.90 Å². The second kappa shape index (κ2) is 7.08. The average molecular weight is 375 g/mol. The number of amides is 2. The summed E-state index contributed by atoms with van der Waals surface area (Å²) in [5, 5.41) is 0. The first-order valence-electron chi connectivity index (χ1n) is 9.10. The van der Waals surface area contributed by atoms with E-state index in [9.17, 15) is 9.59 Å². The number of aromatic nitrogens is 1. The third-order valence-electron chi connectivity index (χ3n) is 5.18. The number of hydrogen-bond donors (Lipinski definition) is 0. The van der Waals surface area contributed by atoms with Crippen LogP contribution in [0.1, 0.15) is 45.4 Å². The minimum absolute atomic E-state index is 0.00360. The topological polar surface area (TPSA) is 50.3 Å². The summed E-state index contributed by atoms with van der Waals surface area (Å²) in [6.45, 7) is 2.19. The van der Waals surface area contributed by atoms with Crippen molar-refractivity contribution >= 4 is 50.8 Å². The molecule has 0 radical (unpaired) electrons. The number of unbranched alkanes of at least 4 members (excludes halogenated alkanes) is 1. The molecule has 0 unspecified atom stereocenters. The van der Waals surface area contributed by atoms with E-state index in [4.69, 9.17) is 0 Å². The van der Waals surface area contributed by atoms with Crippen molar-refractivity contribution in [1.29, 1.82) is 0 Å². The van der Waals surface area contributed by atoms with Gasteiger partial charge in [-0.2, -0.15) is 0 Å². The van der Waals surface area contributed by atoms with E-state index in [-0.39, 0.29) is 23.7 Å². The van der Waals surface area contributed by atoms with E-state index in [1.54, 1.807) is 23.1 Å². The highest BCUT2D eigenvalue weighted by molar-refractivity contribution is 8.01. The zero-order valence-electron chi connectivity index (χ0n) is 14.4. The van der Waals surface area contributed by atoms with Gasteiger partial charge in [-0.25, -0.2) is 4.98 Å². The van der Waals surface area contributed by atoms with Gasteiger partial charge in [-0.15, -0.1) is 11.3 Å². The summed E-state index contributed by atoms with van der Waals surface area (Å²) in [4.78, 5) is 31.6. The molecular weight excluding hydrogens is 352 g/mol. The van der Waals surface area contributed by atoms with Gasteiger partial charge in [-0.3, -0.25) is 14.5 Å². The van der Waals surface area contributed by atoms with Crippen LogP contribution in [0.5, 0.6) is 0 Å². The van der Waals surface area contributed by atoms with Crippen LogP contribution in [0.2, 0.25) is 0 Å². The minimum Gasteiger partial charge on any atom is -0.274 e. The molecule has 2 aromatic rings. The quantitative estimate of drug-likeness (QED) is 0.426. The number of benzene rings is 1. The molecule has 2 atom stereocenters. The number of fused-ring (bicyclic) bond motifs is 2. The van der Waals surface area contributed by atoms with Crippen molar-refractivity contribution in [2.24, 2.45) is 11.8 Å². The number of hydrogen-bond acceptors (Lipinski definition) is 5. The molecule has 1 aliphatic heterocycles. The Balaban J connectivity index is 1.60. The Hall–Kier alpha value is -1.40. The van der Waals surface area contributed by atoms with Gasteiger partial charge in [0.2, 0.25) is 11.8 Å². The average Bonchev–Trinajstić information content (AvgIpc) is 3.14. The fourth-order valence-electron chi connectivity index (χ4n) is 3.81. The predicted molar refractivity (Wildman–Crippen MR) is 103 cm³/mol. The maximum atomic E-state index is 12.8. The fourth-order valence-corrected chi connectivity index (χ4v) is 6.07. The van der Waals surface area contributed by atoms with Crippen LogP contribution in [0.3, 0.4) is 0 Å². The molecule has 25 heavy (non-hydrogen) atoms. The molecule has 6 heteroatoms. The zero-order chi connectivity index (χ0) is 17.4. The second-order valence-electron chi connectivity index (χ2n) is 6.84. The van der Waals surface area contributed by atoms with Gasteiger partial charge in [0.1, 0.15) is 0 Å². The zero-order valence-corrected chi connectivity index (χ0v) is 16.0. The van der Waals surface area contributed by atoms with Crippen LogP contribution in [0, 0.1) is 11.8 Å². The van der Waals surface area contributed by atoms with Crippen molar-refractivity contribution < 1.29 is 9.59 Å². The molecule has 2 heterocycles. The maximum Gasteiger partial charge on any atom is 0.237 e. The molecule has 2 amide bonds. The van der Waals surface area contributed by atoms with Crippen LogP contribution in [0.15, 0.2) is 22.5 Å². The van der Waals surface area contributed by atoms with Crippen molar-refractivity contribution in [1.82, 2.24) is 4.98 Å². The third-order valence-corrected chi connectivity index (χ3v) is 7.42. The Bertz CT molecular complexity index is 793. The van der Waals surface area contributed by atoms with Crippen molar-refractivity contribution in [3.05, 3.63) is 18.2 Å². The highest BCUT2D eigenvalue weighted by Gasteiger charge is 2.48. The number of thioether (sulfide) groups is 1. The number of thiazole rings is 1. The molecule has 0 N–H and O–H groups in total. The maximum absolute atomic E-state index is 12.8. The number of carbonyl (C=O) groups is 2. The summed E-state index contributed by atoms with van der Waals surface area (Å²) in [5.74, 6) is 0.875. The van der Waals surface area contributed by atoms with E-state index in [0.717, 1.165) is 46.0 Å². The number of imide groups is 1. The lowest BCUT2D eigenvalue weighted by Gasteiger charge is -2.19. The van der Waals surface area contributed by atoms with Crippen LogP contribution in [0.25, 0.3) is 10.2 Å². The third kappa shape index (κ3) is 3.10. The molecule has 0 spiro atoms. The van der Waals surface area contributed by atoms with Crippen molar-refractivity contribution in [2.75, 3.05) is 10.7 Å². The van der Waals surface area contributed by atoms with Crippen molar-refractivity contribution in [2.45, 2.75) is 49.8 Å². The molecule has 1 saturated heterocycles. The van der Waals surface area contributed by atoms with E-state index in [2.05, 4.69) is 11.9 Å². The second-order valence-corrected chi connectivity index (χ2v) is 9.22. The fraction of sp³-hybridized carbons (Fsp3) is 0.526. The van der Waals surface area contributed by atoms with E-state index in [1.165, 1.54) is 17.7 Å². The monoisotopic (exact) mass is 374 g/mol. The minimum atomic E-state index is -0.0985. The first kappa shape index (κ1) is 17.0. The van der Waals surface area contributed by atoms with Crippen LogP contribution in [0.4, 0.5) is 5.69 Å². The molecule has 1 saturated carbocycles. The van der Waals surface area contributed by atoms with Crippen LogP contribution in [-0.4, -0.2) is 22.6 Å². The van der Waals surface area contributed by atoms with Gasteiger partial charge < -0.3 is 0 Å². The summed E-state index contributed by atoms with van der Waals surface area (Å²) in [6.07, 6.45) is 6.19. The van der Waals surface area contributed by atoms with Gasteiger partial charge in [0.25, 0.3) is 0 Å². The van der Waals surface area contributed by atoms with Gasteiger partial charge in [0.05, 0.1) is 27.7 Å². The van der Waals surface area contributed by atoms with Gasteiger partial charge in [0, 0.05) is 5.75 Å². The molecule has 132 valence electrons. The van der Waals surface area contributed by atoms with Gasteiger partial charge in [-0.05, 0) is 37.5 Å². The highest BCUT2D eigenvalue weighted by Crippen LogP contribution is 2.41. The molecule has 0 bridgehead atoms. The lowest BCUT2D eigenvalue weighted by molar-refractivity contribution is -0.122. The van der Waals surface area contributed by atoms with Gasteiger partial charge in [-0.1, -0.05) is 37.9 Å². The van der Waals surface area contributed by atoms with Gasteiger partial charge in [0.15, 0.2) is 4.34 Å². The Morgan fingerprint density at radius 2 is 1.92 bits per heavy atom. The highest BCUT2D eigenvalue weighted by atomic mass is 32.2. The predicted octanol–water partition coefficient (Wildman–Crippen LogP) is 4.87. The lowest BCUT2D eigenvalue weighted by Crippen LogP contribution is -2.30. The molecule has 1 aliphatic carbocycles. The van der Waals surface area contributed by atoms with E-state index >= 15 is 0 Å². The Labute approximate surface area is 156 Å². The Kier molecular flexibility index (Phi) is 4.82. The summed E-state index contributed by atoms with van der Waals surface area (Å²) >= 11 is 3.44. The summed E-state index contributed by atoms with van der Waals surface area (Å²) < 4.78 is 2.11. The molecule has 1 aromatic carbocycles. The largest absolute Gasteiger partial charge is 0.274 e. The summed E-state index contributed by atoms with van der Waals surface area (Å²) in [7, 11) is 0. The molecule has 1 aromatic heterocycles. The molecule has 2 fully saturated rings. The van der Waals surface area contributed by atoms with Crippen molar-refractivity contribution in [3.63, 3.8) is 0 Å². The summed E-state index contributed by atoms with van der Waals surface area (Å²) in [6, 6.07) is 5.77.